The number of aromatic amines is 1. The second-order valence-corrected chi connectivity index (χ2v) is 7.21. The van der Waals surface area contributed by atoms with Crippen LogP contribution in [0.4, 0.5) is 17.6 Å². The summed E-state index contributed by atoms with van der Waals surface area (Å²) in [5.74, 6) is -1.38. The molecule has 5 nitrogen and oxygen atoms in total. The minimum atomic E-state index is -4.59. The summed E-state index contributed by atoms with van der Waals surface area (Å²) in [7, 11) is 0. The predicted octanol–water partition coefficient (Wildman–Crippen LogP) is 5.01. The molecule has 0 bridgehead atoms. The number of rotatable bonds is 6. The smallest absolute Gasteiger partial charge is 0.361 e. The Balaban J connectivity index is 1.63. The van der Waals surface area contributed by atoms with Crippen LogP contribution in [0.2, 0.25) is 0 Å². The van der Waals surface area contributed by atoms with Crippen LogP contribution in [0.1, 0.15) is 16.1 Å². The highest BCUT2D eigenvalue weighted by Gasteiger charge is 2.34. The van der Waals surface area contributed by atoms with Crippen LogP contribution in [0.15, 0.2) is 67.1 Å². The van der Waals surface area contributed by atoms with Gasteiger partial charge >= 0.3 is 6.18 Å². The SMILES string of the molecule is O=C(c1nccnc1-c1ccc(F)cc1)N(CCc1c[nH]c2ccccc12)CC(F)(F)F. The Bertz CT molecular complexity index is 1230. The molecular formula is C23H18F4N4O. The first-order valence-electron chi connectivity index (χ1n) is 9.80. The highest BCUT2D eigenvalue weighted by molar-refractivity contribution is 5.98. The third-order valence-electron chi connectivity index (χ3n) is 5.00. The number of nitrogens with zero attached hydrogens (tertiary/aromatic N) is 3. The van der Waals surface area contributed by atoms with E-state index in [4.69, 9.17) is 0 Å². The van der Waals surface area contributed by atoms with Crippen molar-refractivity contribution in [3.8, 4) is 11.3 Å². The van der Waals surface area contributed by atoms with Crippen LogP contribution in [-0.2, 0) is 6.42 Å². The minimum absolute atomic E-state index is 0.0942. The van der Waals surface area contributed by atoms with Gasteiger partial charge in [-0.25, -0.2) is 9.37 Å². The third-order valence-corrected chi connectivity index (χ3v) is 5.00. The number of aromatic nitrogens is 3. The summed E-state index contributed by atoms with van der Waals surface area (Å²) in [5.41, 5.74) is 1.92. The largest absolute Gasteiger partial charge is 0.406 e. The van der Waals surface area contributed by atoms with Crippen molar-refractivity contribution in [3.05, 3.63) is 84.2 Å². The monoisotopic (exact) mass is 442 g/mol. The first-order valence-corrected chi connectivity index (χ1v) is 9.80. The molecule has 2 heterocycles. The fourth-order valence-corrected chi connectivity index (χ4v) is 3.53. The van der Waals surface area contributed by atoms with Crippen LogP contribution in [0, 0.1) is 5.82 Å². The maximum Gasteiger partial charge on any atom is 0.406 e. The summed E-state index contributed by atoms with van der Waals surface area (Å²) >= 11 is 0. The third kappa shape index (κ3) is 4.77. The number of carbonyl (C=O) groups excluding carboxylic acids is 1. The molecule has 0 unspecified atom stereocenters. The van der Waals surface area contributed by atoms with Crippen LogP contribution in [0.25, 0.3) is 22.2 Å². The number of halogens is 4. The standard InChI is InChI=1S/C23H18F4N4O/c24-17-7-5-15(6-8-17)20-21(29-11-10-28-20)22(32)31(14-23(25,26)27)12-9-16-13-30-19-4-2-1-3-18(16)19/h1-8,10-11,13,30H,9,12,14H2. The molecule has 0 fully saturated rings. The lowest BCUT2D eigenvalue weighted by Gasteiger charge is -2.24. The lowest BCUT2D eigenvalue weighted by molar-refractivity contribution is -0.140. The number of nitrogens with one attached hydrogen (secondary N) is 1. The molecule has 0 saturated carbocycles. The Morgan fingerprint density at radius 2 is 1.72 bits per heavy atom. The molecule has 2 aromatic heterocycles. The zero-order valence-corrected chi connectivity index (χ0v) is 16.7. The highest BCUT2D eigenvalue weighted by Crippen LogP contribution is 2.25. The van der Waals surface area contributed by atoms with E-state index < -0.39 is 24.4 Å². The zero-order valence-electron chi connectivity index (χ0n) is 16.7. The van der Waals surface area contributed by atoms with Crippen LogP contribution in [-0.4, -0.2) is 45.0 Å². The number of carbonyl (C=O) groups is 1. The summed E-state index contributed by atoms with van der Waals surface area (Å²) in [6.45, 7) is -1.59. The minimum Gasteiger partial charge on any atom is -0.361 e. The van der Waals surface area contributed by atoms with Crippen molar-refractivity contribution in [3.63, 3.8) is 0 Å². The van der Waals surface area contributed by atoms with Gasteiger partial charge in [0.1, 0.15) is 18.1 Å². The van der Waals surface area contributed by atoms with E-state index in [-0.39, 0.29) is 24.4 Å². The number of benzene rings is 2. The molecule has 164 valence electrons. The Hall–Kier alpha value is -3.75. The molecule has 2 aromatic carbocycles. The van der Waals surface area contributed by atoms with Crippen molar-refractivity contribution < 1.29 is 22.4 Å². The molecule has 0 saturated heterocycles. The van der Waals surface area contributed by atoms with Crippen molar-refractivity contribution in [1.82, 2.24) is 19.9 Å². The number of H-pyrrole nitrogens is 1. The van der Waals surface area contributed by atoms with Crippen molar-refractivity contribution >= 4 is 16.8 Å². The Kier molecular flexibility index (Phi) is 5.89. The summed E-state index contributed by atoms with van der Waals surface area (Å²) in [4.78, 5) is 25.1. The van der Waals surface area contributed by atoms with Crippen molar-refractivity contribution in [2.75, 3.05) is 13.1 Å². The fourth-order valence-electron chi connectivity index (χ4n) is 3.53. The molecule has 4 rings (SSSR count). The number of hydrogen-bond acceptors (Lipinski definition) is 3. The van der Waals surface area contributed by atoms with Gasteiger partial charge in [0.2, 0.25) is 0 Å². The maximum absolute atomic E-state index is 13.3. The molecule has 0 aliphatic rings. The molecule has 32 heavy (non-hydrogen) atoms. The van der Waals surface area contributed by atoms with Gasteiger partial charge in [-0.3, -0.25) is 9.78 Å². The molecule has 0 spiro atoms. The summed E-state index contributed by atoms with van der Waals surface area (Å²) in [6.07, 6.45) is -0.0690. The van der Waals surface area contributed by atoms with Gasteiger partial charge in [-0.15, -0.1) is 0 Å². The Morgan fingerprint density at radius 3 is 2.47 bits per heavy atom. The molecule has 4 aromatic rings. The van der Waals surface area contributed by atoms with Gasteiger partial charge in [0.15, 0.2) is 5.69 Å². The fraction of sp³-hybridized carbons (Fsp3) is 0.174. The predicted molar refractivity (Wildman–Crippen MR) is 111 cm³/mol. The summed E-state index contributed by atoms with van der Waals surface area (Å²) < 4.78 is 53.2. The van der Waals surface area contributed by atoms with E-state index in [1.54, 1.807) is 6.20 Å². The highest BCUT2D eigenvalue weighted by atomic mass is 19.4. The van der Waals surface area contributed by atoms with Gasteiger partial charge in [0.25, 0.3) is 5.91 Å². The van der Waals surface area contributed by atoms with Crippen molar-refractivity contribution in [1.29, 1.82) is 0 Å². The molecule has 0 aliphatic heterocycles. The van der Waals surface area contributed by atoms with Gasteiger partial charge in [0, 0.05) is 41.6 Å². The zero-order chi connectivity index (χ0) is 22.7. The quantitative estimate of drug-likeness (QED) is 0.427. The topological polar surface area (TPSA) is 61.9 Å². The van der Waals surface area contributed by atoms with E-state index in [1.807, 2.05) is 24.3 Å². The molecule has 0 atom stereocenters. The number of fused-ring (bicyclic) bond motifs is 1. The maximum atomic E-state index is 13.3. The van der Waals surface area contributed by atoms with E-state index in [0.717, 1.165) is 21.4 Å². The summed E-state index contributed by atoms with van der Waals surface area (Å²) in [5, 5.41) is 0.887. The van der Waals surface area contributed by atoms with Crippen LogP contribution in [0.3, 0.4) is 0 Å². The van der Waals surface area contributed by atoms with E-state index in [0.29, 0.717) is 5.56 Å². The second kappa shape index (κ2) is 8.78. The van der Waals surface area contributed by atoms with Gasteiger partial charge < -0.3 is 9.88 Å². The average Bonchev–Trinajstić information content (AvgIpc) is 3.19. The van der Waals surface area contributed by atoms with Gasteiger partial charge in [-0.2, -0.15) is 13.2 Å². The molecule has 1 amide bonds. The molecule has 0 aliphatic carbocycles. The van der Waals surface area contributed by atoms with Gasteiger partial charge in [-0.1, -0.05) is 18.2 Å². The molecule has 0 radical (unpaired) electrons. The Morgan fingerprint density at radius 1 is 1.00 bits per heavy atom. The van der Waals surface area contributed by atoms with E-state index in [2.05, 4.69) is 15.0 Å². The number of para-hydroxylation sites is 1. The number of amides is 1. The number of hydrogen-bond donors (Lipinski definition) is 1. The number of alkyl halides is 3. The molecule has 9 heteroatoms. The van der Waals surface area contributed by atoms with Gasteiger partial charge in [0.05, 0.1) is 0 Å². The Labute approximate surface area is 180 Å². The normalized spacial score (nSPS) is 11.6. The van der Waals surface area contributed by atoms with Crippen LogP contribution >= 0.6 is 0 Å². The first-order chi connectivity index (χ1) is 15.3. The summed E-state index contributed by atoms with van der Waals surface area (Å²) in [6, 6.07) is 12.6. The van der Waals surface area contributed by atoms with Crippen molar-refractivity contribution in [2.45, 2.75) is 12.6 Å². The molecular weight excluding hydrogens is 424 g/mol. The van der Waals surface area contributed by atoms with E-state index in [1.165, 1.54) is 36.7 Å². The lowest BCUT2D eigenvalue weighted by atomic mass is 10.1. The van der Waals surface area contributed by atoms with E-state index in [9.17, 15) is 22.4 Å². The van der Waals surface area contributed by atoms with Crippen LogP contribution in [0.5, 0.6) is 0 Å². The van der Waals surface area contributed by atoms with E-state index >= 15 is 0 Å². The first kappa shape index (κ1) is 21.5. The van der Waals surface area contributed by atoms with Crippen LogP contribution < -0.4 is 0 Å². The van der Waals surface area contributed by atoms with Gasteiger partial charge in [-0.05, 0) is 42.3 Å². The van der Waals surface area contributed by atoms with Crippen molar-refractivity contribution in [2.24, 2.45) is 0 Å². The second-order valence-electron chi connectivity index (χ2n) is 7.21. The lowest BCUT2D eigenvalue weighted by Crippen LogP contribution is -2.40. The average molecular weight is 442 g/mol. The molecule has 1 N–H and O–H groups in total.